The van der Waals surface area contributed by atoms with Gasteiger partial charge in [-0.05, 0) is 45.7 Å². The highest BCUT2D eigenvalue weighted by Crippen LogP contribution is 2.32. The topological polar surface area (TPSA) is 71.3 Å². The lowest BCUT2D eigenvalue weighted by Gasteiger charge is -2.32. The number of hydrogen-bond donors (Lipinski definition) is 1. The number of nitrogens with one attached hydrogen (secondary N) is 1. The number of anilines is 2. The lowest BCUT2D eigenvalue weighted by Crippen LogP contribution is -2.38. The van der Waals surface area contributed by atoms with Crippen molar-refractivity contribution in [3.8, 4) is 0 Å². The van der Waals surface area contributed by atoms with Crippen LogP contribution in [0.1, 0.15) is 29.7 Å². The molecule has 0 radical (unpaired) electrons. The smallest absolute Gasteiger partial charge is 0.231 e. The SMILES string of the molecule is Cc1ccc(NC(=O)C2CCN(c3ncnc4oc(C)c(C)c34)CC2)cc1. The lowest BCUT2D eigenvalue weighted by molar-refractivity contribution is -0.120. The highest BCUT2D eigenvalue weighted by Gasteiger charge is 2.27. The number of carbonyl (C=O) groups excluding carboxylic acids is 1. The molecule has 27 heavy (non-hydrogen) atoms. The summed E-state index contributed by atoms with van der Waals surface area (Å²) in [7, 11) is 0. The van der Waals surface area contributed by atoms with E-state index in [2.05, 4.69) is 20.2 Å². The summed E-state index contributed by atoms with van der Waals surface area (Å²) >= 11 is 0. The summed E-state index contributed by atoms with van der Waals surface area (Å²) < 4.78 is 5.72. The first-order chi connectivity index (χ1) is 13.0. The predicted molar refractivity (Wildman–Crippen MR) is 106 cm³/mol. The van der Waals surface area contributed by atoms with Crippen LogP contribution in [0.15, 0.2) is 35.0 Å². The standard InChI is InChI=1S/C21H24N4O2/c1-13-4-6-17(7-5-13)24-20(26)16-8-10-25(11-9-16)19-18-14(2)15(3)27-21(18)23-12-22-19/h4-7,12,16H,8-11H2,1-3H3,(H,24,26). The molecule has 0 unspecified atom stereocenters. The number of carbonyl (C=O) groups is 1. The molecule has 3 heterocycles. The van der Waals surface area contributed by atoms with Crippen LogP contribution in [0, 0.1) is 26.7 Å². The maximum absolute atomic E-state index is 12.6. The van der Waals surface area contributed by atoms with E-state index < -0.39 is 0 Å². The summed E-state index contributed by atoms with van der Waals surface area (Å²) in [4.78, 5) is 23.6. The molecule has 1 aliphatic heterocycles. The average Bonchev–Trinajstić information content (AvgIpc) is 2.98. The second-order valence-corrected chi connectivity index (χ2v) is 7.28. The number of rotatable bonds is 3. The number of hydrogen-bond acceptors (Lipinski definition) is 5. The zero-order valence-electron chi connectivity index (χ0n) is 16.0. The number of benzene rings is 1. The molecule has 6 nitrogen and oxygen atoms in total. The van der Waals surface area contributed by atoms with E-state index in [1.165, 1.54) is 5.56 Å². The maximum Gasteiger partial charge on any atom is 0.231 e. The summed E-state index contributed by atoms with van der Waals surface area (Å²) in [6.07, 6.45) is 3.16. The highest BCUT2D eigenvalue weighted by molar-refractivity contribution is 5.93. The van der Waals surface area contributed by atoms with Crippen LogP contribution < -0.4 is 10.2 Å². The zero-order chi connectivity index (χ0) is 19.0. The van der Waals surface area contributed by atoms with Gasteiger partial charge in [-0.3, -0.25) is 4.79 Å². The van der Waals surface area contributed by atoms with Crippen molar-refractivity contribution in [2.45, 2.75) is 33.6 Å². The van der Waals surface area contributed by atoms with Gasteiger partial charge in [0.05, 0.1) is 5.39 Å². The van der Waals surface area contributed by atoms with E-state index in [-0.39, 0.29) is 11.8 Å². The van der Waals surface area contributed by atoms with E-state index in [1.54, 1.807) is 6.33 Å². The first kappa shape index (κ1) is 17.5. The Morgan fingerprint density at radius 2 is 1.81 bits per heavy atom. The van der Waals surface area contributed by atoms with Gasteiger partial charge in [-0.1, -0.05) is 17.7 Å². The molecule has 1 N–H and O–H groups in total. The van der Waals surface area contributed by atoms with Gasteiger partial charge in [-0.15, -0.1) is 0 Å². The molecular formula is C21H24N4O2. The van der Waals surface area contributed by atoms with Crippen LogP contribution in [-0.4, -0.2) is 29.0 Å². The Labute approximate surface area is 158 Å². The van der Waals surface area contributed by atoms with Crippen LogP contribution in [0.4, 0.5) is 11.5 Å². The van der Waals surface area contributed by atoms with Gasteiger partial charge in [0.2, 0.25) is 11.6 Å². The molecule has 1 saturated heterocycles. The predicted octanol–water partition coefficient (Wildman–Crippen LogP) is 4.00. The van der Waals surface area contributed by atoms with Crippen LogP contribution >= 0.6 is 0 Å². The molecule has 0 bridgehead atoms. The normalized spacial score (nSPS) is 15.3. The molecule has 0 saturated carbocycles. The molecular weight excluding hydrogens is 340 g/mol. The van der Waals surface area contributed by atoms with Crippen molar-refractivity contribution in [1.82, 2.24) is 9.97 Å². The number of piperidine rings is 1. The third-order valence-electron chi connectivity index (χ3n) is 5.43. The van der Waals surface area contributed by atoms with E-state index >= 15 is 0 Å². The number of aromatic nitrogens is 2. The Morgan fingerprint density at radius 3 is 2.52 bits per heavy atom. The third-order valence-corrected chi connectivity index (χ3v) is 5.43. The number of amides is 1. The molecule has 2 aromatic heterocycles. The fourth-order valence-corrected chi connectivity index (χ4v) is 3.64. The first-order valence-electron chi connectivity index (χ1n) is 9.36. The number of fused-ring (bicyclic) bond motifs is 1. The van der Waals surface area contributed by atoms with E-state index in [1.807, 2.05) is 45.0 Å². The van der Waals surface area contributed by atoms with Crippen molar-refractivity contribution in [1.29, 1.82) is 0 Å². The molecule has 1 fully saturated rings. The van der Waals surface area contributed by atoms with E-state index in [0.717, 1.165) is 54.1 Å². The van der Waals surface area contributed by atoms with Crippen LogP contribution in [-0.2, 0) is 4.79 Å². The molecule has 0 atom stereocenters. The highest BCUT2D eigenvalue weighted by atomic mass is 16.3. The minimum atomic E-state index is 0.0204. The summed E-state index contributed by atoms with van der Waals surface area (Å²) in [6.45, 7) is 7.61. The molecule has 1 aliphatic rings. The molecule has 6 heteroatoms. The average molecular weight is 364 g/mol. The molecule has 140 valence electrons. The largest absolute Gasteiger partial charge is 0.443 e. The second-order valence-electron chi connectivity index (χ2n) is 7.28. The van der Waals surface area contributed by atoms with Crippen LogP contribution in [0.25, 0.3) is 11.1 Å². The molecule has 1 amide bonds. The summed E-state index contributed by atoms with van der Waals surface area (Å²) in [5, 5.41) is 4.02. The quantitative estimate of drug-likeness (QED) is 0.760. The minimum absolute atomic E-state index is 0.0204. The van der Waals surface area contributed by atoms with Gasteiger partial charge >= 0.3 is 0 Å². The molecule has 0 aliphatic carbocycles. The second kappa shape index (κ2) is 7.02. The number of furan rings is 1. The Kier molecular flexibility index (Phi) is 4.56. The van der Waals surface area contributed by atoms with Crippen LogP contribution in [0.5, 0.6) is 0 Å². The Morgan fingerprint density at radius 1 is 1.11 bits per heavy atom. The van der Waals surface area contributed by atoms with E-state index in [9.17, 15) is 4.79 Å². The van der Waals surface area contributed by atoms with Gasteiger partial charge in [-0.2, -0.15) is 0 Å². The van der Waals surface area contributed by atoms with Crippen molar-refractivity contribution >= 4 is 28.5 Å². The van der Waals surface area contributed by atoms with Gasteiger partial charge < -0.3 is 14.6 Å². The third kappa shape index (κ3) is 3.39. The van der Waals surface area contributed by atoms with Gasteiger partial charge in [0.15, 0.2) is 0 Å². The van der Waals surface area contributed by atoms with Crippen molar-refractivity contribution in [2.75, 3.05) is 23.3 Å². The molecule has 1 aromatic carbocycles. The van der Waals surface area contributed by atoms with Crippen molar-refractivity contribution in [3.05, 3.63) is 47.5 Å². The zero-order valence-corrected chi connectivity index (χ0v) is 16.0. The summed E-state index contributed by atoms with van der Waals surface area (Å²) in [5.41, 5.74) is 3.76. The van der Waals surface area contributed by atoms with Gasteiger partial charge in [0.1, 0.15) is 17.9 Å². The summed E-state index contributed by atoms with van der Waals surface area (Å²) in [5.74, 6) is 1.90. The molecule has 0 spiro atoms. The van der Waals surface area contributed by atoms with Gasteiger partial charge in [0, 0.05) is 30.3 Å². The number of aryl methyl sites for hydroxylation is 3. The van der Waals surface area contributed by atoms with Crippen molar-refractivity contribution < 1.29 is 9.21 Å². The monoisotopic (exact) mass is 364 g/mol. The first-order valence-corrected chi connectivity index (χ1v) is 9.36. The molecule has 3 aromatic rings. The Balaban J connectivity index is 1.45. The van der Waals surface area contributed by atoms with Crippen molar-refractivity contribution in [3.63, 3.8) is 0 Å². The lowest BCUT2D eigenvalue weighted by atomic mass is 9.95. The summed E-state index contributed by atoms with van der Waals surface area (Å²) in [6, 6.07) is 7.91. The van der Waals surface area contributed by atoms with Crippen LogP contribution in [0.3, 0.4) is 0 Å². The fourth-order valence-electron chi connectivity index (χ4n) is 3.64. The Bertz CT molecular complexity index is 970. The van der Waals surface area contributed by atoms with Gasteiger partial charge in [-0.25, -0.2) is 9.97 Å². The van der Waals surface area contributed by atoms with Gasteiger partial charge in [0.25, 0.3) is 0 Å². The molecule has 4 rings (SSSR count). The fraction of sp³-hybridized carbons (Fsp3) is 0.381. The minimum Gasteiger partial charge on any atom is -0.443 e. The Hall–Kier alpha value is -2.89. The maximum atomic E-state index is 12.6. The number of nitrogens with zero attached hydrogens (tertiary/aromatic N) is 3. The van der Waals surface area contributed by atoms with Crippen LogP contribution in [0.2, 0.25) is 0 Å². The van der Waals surface area contributed by atoms with E-state index in [0.29, 0.717) is 5.71 Å². The van der Waals surface area contributed by atoms with Crippen molar-refractivity contribution in [2.24, 2.45) is 5.92 Å². The van der Waals surface area contributed by atoms with E-state index in [4.69, 9.17) is 4.42 Å².